The summed E-state index contributed by atoms with van der Waals surface area (Å²) in [5.74, 6) is 1.25. The summed E-state index contributed by atoms with van der Waals surface area (Å²) in [6.45, 7) is 10.7. The molecule has 2 aromatic rings. The molecule has 4 rings (SSSR count). The third-order valence-electron chi connectivity index (χ3n) is 5.58. The highest BCUT2D eigenvalue weighted by molar-refractivity contribution is 5.84. The first kappa shape index (κ1) is 18.8. The van der Waals surface area contributed by atoms with E-state index in [4.69, 9.17) is 4.74 Å². The highest BCUT2D eigenvalue weighted by atomic mass is 16.6. The SMILES string of the molecule is CC(C)(C)OC(=O)N1C[C@@H]2C(C(=O)NC(C)(C)c3ncc4ccccn34)[C@@H]2C1. The fourth-order valence-electron chi connectivity index (χ4n) is 4.24. The van der Waals surface area contributed by atoms with Gasteiger partial charge < -0.3 is 19.4 Å². The number of hydrogen-bond acceptors (Lipinski definition) is 4. The van der Waals surface area contributed by atoms with Crippen LogP contribution in [0.1, 0.15) is 40.4 Å². The normalized spacial score (nSPS) is 24.2. The Morgan fingerprint density at radius 3 is 2.46 bits per heavy atom. The van der Waals surface area contributed by atoms with Crippen molar-refractivity contribution in [1.29, 1.82) is 0 Å². The van der Waals surface area contributed by atoms with Crippen LogP contribution in [0.5, 0.6) is 0 Å². The van der Waals surface area contributed by atoms with Gasteiger partial charge in [0.05, 0.1) is 17.3 Å². The van der Waals surface area contributed by atoms with Gasteiger partial charge in [0.15, 0.2) is 0 Å². The lowest BCUT2D eigenvalue weighted by Crippen LogP contribution is -2.45. The number of carbonyl (C=O) groups is 2. The van der Waals surface area contributed by atoms with Crippen LogP contribution >= 0.6 is 0 Å². The highest BCUT2D eigenvalue weighted by Crippen LogP contribution is 2.52. The number of nitrogens with one attached hydrogen (secondary N) is 1. The molecule has 7 heteroatoms. The molecule has 3 atom stereocenters. The molecule has 2 aromatic heterocycles. The second-order valence-electron chi connectivity index (χ2n) is 9.43. The Morgan fingerprint density at radius 2 is 1.82 bits per heavy atom. The molecule has 150 valence electrons. The minimum atomic E-state index is -0.591. The number of amides is 2. The third kappa shape index (κ3) is 3.34. The zero-order valence-corrected chi connectivity index (χ0v) is 17.1. The van der Waals surface area contributed by atoms with Gasteiger partial charge in [0, 0.05) is 25.2 Å². The van der Waals surface area contributed by atoms with Crippen molar-refractivity contribution in [2.24, 2.45) is 17.8 Å². The van der Waals surface area contributed by atoms with Crippen molar-refractivity contribution in [2.75, 3.05) is 13.1 Å². The summed E-state index contributed by atoms with van der Waals surface area (Å²) in [7, 11) is 0. The Bertz CT molecular complexity index is 915. The van der Waals surface area contributed by atoms with E-state index < -0.39 is 11.1 Å². The van der Waals surface area contributed by atoms with Gasteiger partial charge >= 0.3 is 6.09 Å². The maximum absolute atomic E-state index is 12.9. The molecule has 3 heterocycles. The monoisotopic (exact) mass is 384 g/mol. The number of pyridine rings is 1. The molecular weight excluding hydrogens is 356 g/mol. The van der Waals surface area contributed by atoms with E-state index in [0.29, 0.717) is 13.1 Å². The molecule has 7 nitrogen and oxygen atoms in total. The average molecular weight is 384 g/mol. The molecule has 1 saturated heterocycles. The molecule has 1 aliphatic carbocycles. The van der Waals surface area contributed by atoms with Crippen LogP contribution in [0.15, 0.2) is 30.6 Å². The van der Waals surface area contributed by atoms with Gasteiger partial charge in [-0.25, -0.2) is 9.78 Å². The largest absolute Gasteiger partial charge is 0.444 e. The predicted molar refractivity (Wildman–Crippen MR) is 105 cm³/mol. The summed E-state index contributed by atoms with van der Waals surface area (Å²) >= 11 is 0. The van der Waals surface area contributed by atoms with Gasteiger partial charge in [0.1, 0.15) is 11.4 Å². The molecule has 1 aliphatic heterocycles. The summed E-state index contributed by atoms with van der Waals surface area (Å²) in [5, 5.41) is 3.17. The molecule has 2 amide bonds. The van der Waals surface area contributed by atoms with Crippen molar-refractivity contribution in [2.45, 2.75) is 45.8 Å². The first-order valence-electron chi connectivity index (χ1n) is 9.79. The number of ether oxygens (including phenoxy) is 1. The van der Waals surface area contributed by atoms with Crippen molar-refractivity contribution in [3.05, 3.63) is 36.4 Å². The second kappa shape index (κ2) is 6.22. The molecular formula is C21H28N4O3. The molecule has 2 fully saturated rings. The lowest BCUT2D eigenvalue weighted by atomic mass is 10.0. The maximum Gasteiger partial charge on any atom is 0.410 e. The topological polar surface area (TPSA) is 75.9 Å². The van der Waals surface area contributed by atoms with Crippen molar-refractivity contribution in [3.8, 4) is 0 Å². The van der Waals surface area contributed by atoms with Gasteiger partial charge in [-0.3, -0.25) is 4.79 Å². The van der Waals surface area contributed by atoms with Crippen LogP contribution in [0, 0.1) is 17.8 Å². The molecule has 28 heavy (non-hydrogen) atoms. The van der Waals surface area contributed by atoms with Crippen molar-refractivity contribution in [1.82, 2.24) is 19.6 Å². The number of piperidine rings is 1. The van der Waals surface area contributed by atoms with E-state index in [2.05, 4.69) is 10.3 Å². The molecule has 1 N–H and O–H groups in total. The molecule has 2 aliphatic rings. The summed E-state index contributed by atoms with van der Waals surface area (Å²) in [5.41, 5.74) is -0.0966. The van der Waals surface area contributed by atoms with Crippen LogP contribution in [0.4, 0.5) is 4.79 Å². The standard InChI is InChI=1S/C21H28N4O3/c1-20(2,3)28-19(27)24-11-14-15(12-24)16(14)17(26)23-21(4,5)18-22-10-13-8-6-7-9-25(13)18/h6-10,14-16H,11-12H2,1-5H3,(H,23,26)/t14-,15+,16?. The van der Waals surface area contributed by atoms with E-state index in [1.807, 2.05) is 69.6 Å². The van der Waals surface area contributed by atoms with Crippen LogP contribution < -0.4 is 5.32 Å². The summed E-state index contributed by atoms with van der Waals surface area (Å²) in [4.78, 5) is 31.3. The summed E-state index contributed by atoms with van der Waals surface area (Å²) in [6, 6.07) is 5.91. The van der Waals surface area contributed by atoms with Crippen molar-refractivity contribution >= 4 is 17.5 Å². The molecule has 0 aromatic carbocycles. The summed E-state index contributed by atoms with van der Waals surface area (Å²) in [6.07, 6.45) is 3.48. The Morgan fingerprint density at radius 1 is 1.14 bits per heavy atom. The number of fused-ring (bicyclic) bond motifs is 2. The van der Waals surface area contributed by atoms with Crippen LogP contribution in [-0.4, -0.2) is 45.0 Å². The fraction of sp³-hybridized carbons (Fsp3) is 0.571. The van der Waals surface area contributed by atoms with E-state index in [1.54, 1.807) is 4.90 Å². The number of rotatable bonds is 3. The third-order valence-corrected chi connectivity index (χ3v) is 5.58. The Labute approximate surface area is 165 Å². The van der Waals surface area contributed by atoms with Gasteiger partial charge in [0.25, 0.3) is 0 Å². The van der Waals surface area contributed by atoms with Gasteiger partial charge in [0.2, 0.25) is 5.91 Å². The molecule has 0 bridgehead atoms. The zero-order valence-electron chi connectivity index (χ0n) is 17.1. The zero-order chi connectivity index (χ0) is 20.3. The van der Waals surface area contributed by atoms with E-state index in [9.17, 15) is 9.59 Å². The van der Waals surface area contributed by atoms with E-state index in [0.717, 1.165) is 11.3 Å². The fourth-order valence-corrected chi connectivity index (χ4v) is 4.24. The first-order chi connectivity index (χ1) is 13.1. The van der Waals surface area contributed by atoms with E-state index >= 15 is 0 Å². The highest BCUT2D eigenvalue weighted by Gasteiger charge is 2.61. The number of aromatic nitrogens is 2. The molecule has 1 unspecified atom stereocenters. The van der Waals surface area contributed by atoms with Crippen LogP contribution in [0.2, 0.25) is 0 Å². The molecule has 0 spiro atoms. The molecule has 1 saturated carbocycles. The number of carbonyl (C=O) groups excluding carboxylic acids is 2. The van der Waals surface area contributed by atoms with Gasteiger partial charge in [-0.15, -0.1) is 0 Å². The Kier molecular flexibility index (Phi) is 4.17. The average Bonchev–Trinajstić information content (AvgIpc) is 2.96. The summed E-state index contributed by atoms with van der Waals surface area (Å²) < 4.78 is 7.43. The van der Waals surface area contributed by atoms with E-state index in [-0.39, 0.29) is 29.8 Å². The number of hydrogen-bond donors (Lipinski definition) is 1. The smallest absolute Gasteiger partial charge is 0.410 e. The second-order valence-corrected chi connectivity index (χ2v) is 9.43. The van der Waals surface area contributed by atoms with Crippen LogP contribution in [0.3, 0.4) is 0 Å². The molecule has 0 radical (unpaired) electrons. The lowest BCUT2D eigenvalue weighted by molar-refractivity contribution is -0.125. The predicted octanol–water partition coefficient (Wildman–Crippen LogP) is 2.80. The minimum Gasteiger partial charge on any atom is -0.444 e. The quantitative estimate of drug-likeness (QED) is 0.883. The maximum atomic E-state index is 12.9. The van der Waals surface area contributed by atoms with Crippen molar-refractivity contribution < 1.29 is 14.3 Å². The lowest BCUT2D eigenvalue weighted by Gasteiger charge is -2.27. The minimum absolute atomic E-state index is 0.0378. The Balaban J connectivity index is 1.38. The number of nitrogens with zero attached hydrogens (tertiary/aromatic N) is 3. The number of likely N-dealkylation sites (tertiary alicyclic amines) is 1. The Hall–Kier alpha value is -2.57. The van der Waals surface area contributed by atoms with Crippen LogP contribution in [-0.2, 0) is 15.1 Å². The number of imidazole rings is 1. The van der Waals surface area contributed by atoms with Gasteiger partial charge in [-0.1, -0.05) is 6.07 Å². The van der Waals surface area contributed by atoms with Gasteiger partial charge in [-0.2, -0.15) is 0 Å². The van der Waals surface area contributed by atoms with E-state index in [1.165, 1.54) is 0 Å². The van der Waals surface area contributed by atoms with Gasteiger partial charge in [-0.05, 0) is 58.6 Å². The first-order valence-corrected chi connectivity index (χ1v) is 9.79. The van der Waals surface area contributed by atoms with Crippen LogP contribution in [0.25, 0.3) is 5.52 Å². The van der Waals surface area contributed by atoms with Crippen molar-refractivity contribution in [3.63, 3.8) is 0 Å².